The van der Waals surface area contributed by atoms with Gasteiger partial charge in [0.2, 0.25) is 11.8 Å². The van der Waals surface area contributed by atoms with Crippen molar-refractivity contribution in [2.75, 3.05) is 19.7 Å². The van der Waals surface area contributed by atoms with Crippen LogP contribution in [0.2, 0.25) is 0 Å². The number of likely N-dealkylation sites (tertiary alicyclic amines) is 1. The van der Waals surface area contributed by atoms with Crippen LogP contribution in [-0.2, 0) is 19.1 Å². The van der Waals surface area contributed by atoms with Gasteiger partial charge in [0.15, 0.2) is 0 Å². The predicted molar refractivity (Wildman–Crippen MR) is 125 cm³/mol. The monoisotopic (exact) mass is 526 g/mol. The van der Waals surface area contributed by atoms with E-state index in [9.17, 15) is 19.5 Å². The number of carbonyl (C=O) groups is 3. The Labute approximate surface area is 203 Å². The first-order chi connectivity index (χ1) is 15.9. The molecule has 6 atom stereocenters. The van der Waals surface area contributed by atoms with Gasteiger partial charge in [-0.2, -0.15) is 0 Å². The summed E-state index contributed by atoms with van der Waals surface area (Å²) in [6.45, 7) is 4.69. The first-order valence-corrected chi connectivity index (χ1v) is 13.2. The number of fused-ring (bicyclic) bond motifs is 1. The van der Waals surface area contributed by atoms with Gasteiger partial charge < -0.3 is 24.7 Å². The van der Waals surface area contributed by atoms with Crippen LogP contribution in [0, 0.1) is 11.8 Å². The highest BCUT2D eigenvalue weighted by atomic mass is 79.9. The molecular weight excluding hydrogens is 492 g/mol. The Morgan fingerprint density at radius 2 is 1.97 bits per heavy atom. The number of aliphatic hydroxyl groups excluding tert-OH is 1. The number of amides is 2. The van der Waals surface area contributed by atoms with Crippen LogP contribution >= 0.6 is 15.9 Å². The van der Waals surface area contributed by atoms with Gasteiger partial charge in [-0.15, -0.1) is 6.58 Å². The number of carboxylic acids is 1. The van der Waals surface area contributed by atoms with Gasteiger partial charge in [-0.1, -0.05) is 41.3 Å². The third-order valence-corrected chi connectivity index (χ3v) is 8.83. The molecule has 0 aromatic carbocycles. The summed E-state index contributed by atoms with van der Waals surface area (Å²) in [5.74, 6) is -3.29. The second-order valence-corrected chi connectivity index (χ2v) is 11.1. The van der Waals surface area contributed by atoms with Crippen molar-refractivity contribution >= 4 is 33.7 Å². The number of carbonyl (C=O) groups excluding carboxylic acids is 2. The van der Waals surface area contributed by atoms with Crippen molar-refractivity contribution in [2.24, 2.45) is 11.8 Å². The van der Waals surface area contributed by atoms with E-state index in [4.69, 9.17) is 9.84 Å². The summed E-state index contributed by atoms with van der Waals surface area (Å²) in [4.78, 5) is 43.3. The second kappa shape index (κ2) is 10.0. The van der Waals surface area contributed by atoms with Crippen molar-refractivity contribution in [1.29, 1.82) is 0 Å². The van der Waals surface area contributed by atoms with Crippen LogP contribution in [0.3, 0.4) is 0 Å². The molecule has 4 rings (SSSR count). The van der Waals surface area contributed by atoms with E-state index in [1.807, 2.05) is 4.90 Å². The molecule has 4 fully saturated rings. The molecule has 33 heavy (non-hydrogen) atoms. The van der Waals surface area contributed by atoms with Crippen LogP contribution in [0.5, 0.6) is 0 Å². The van der Waals surface area contributed by atoms with Crippen LogP contribution in [0.4, 0.5) is 0 Å². The molecule has 3 aliphatic heterocycles. The average Bonchev–Trinajstić information content (AvgIpc) is 3.39. The standard InChI is InChI=1S/C24H35BrN2O6/c1-2-11-26(15-9-5-3-6-10-15)22(30)20-24-14-16(25)19(33-24)17(23(31)32)18(24)21(29)27(20)12-7-4-8-13-28/h2,15-20,28H,1,3-14H2,(H,31,32)/t16?,17-,18+,19-,20-,24+/m0/s1. The van der Waals surface area contributed by atoms with Crippen molar-refractivity contribution in [3.05, 3.63) is 12.7 Å². The maximum absolute atomic E-state index is 14.2. The lowest BCUT2D eigenvalue weighted by atomic mass is 9.70. The lowest BCUT2D eigenvalue weighted by Crippen LogP contribution is -2.58. The number of nitrogens with zero attached hydrogens (tertiary/aromatic N) is 2. The zero-order valence-electron chi connectivity index (χ0n) is 19.0. The summed E-state index contributed by atoms with van der Waals surface area (Å²) >= 11 is 3.58. The molecule has 0 aromatic heterocycles. The number of unbranched alkanes of at least 4 members (excludes halogenated alkanes) is 2. The van der Waals surface area contributed by atoms with Crippen LogP contribution in [0.1, 0.15) is 57.8 Å². The molecule has 1 spiro atoms. The Hall–Kier alpha value is -1.45. The largest absolute Gasteiger partial charge is 0.481 e. The zero-order chi connectivity index (χ0) is 23.8. The molecule has 3 heterocycles. The van der Waals surface area contributed by atoms with Crippen LogP contribution in [0.15, 0.2) is 12.7 Å². The minimum Gasteiger partial charge on any atom is -0.481 e. The van der Waals surface area contributed by atoms with Crippen molar-refractivity contribution < 1.29 is 29.3 Å². The Morgan fingerprint density at radius 1 is 1.24 bits per heavy atom. The minimum atomic E-state index is -1.12. The van der Waals surface area contributed by atoms with Crippen molar-refractivity contribution in [1.82, 2.24) is 9.80 Å². The van der Waals surface area contributed by atoms with Crippen LogP contribution in [0.25, 0.3) is 0 Å². The molecule has 9 heteroatoms. The molecule has 1 saturated carbocycles. The fourth-order valence-corrected chi connectivity index (χ4v) is 7.55. The highest BCUT2D eigenvalue weighted by Crippen LogP contribution is 2.60. The van der Waals surface area contributed by atoms with Gasteiger partial charge in [-0.05, 0) is 38.5 Å². The molecule has 0 aromatic rings. The number of ether oxygens (including phenoxy) is 1. The van der Waals surface area contributed by atoms with E-state index in [0.717, 1.165) is 38.5 Å². The van der Waals surface area contributed by atoms with Crippen molar-refractivity contribution in [3.8, 4) is 0 Å². The fraction of sp³-hybridized carbons (Fsp3) is 0.792. The maximum Gasteiger partial charge on any atom is 0.310 e. The molecule has 4 aliphatic rings. The van der Waals surface area contributed by atoms with E-state index in [0.29, 0.717) is 32.4 Å². The van der Waals surface area contributed by atoms with Gasteiger partial charge in [0.05, 0.1) is 17.9 Å². The number of aliphatic hydroxyl groups is 1. The third kappa shape index (κ3) is 4.14. The summed E-state index contributed by atoms with van der Waals surface area (Å²) in [6, 6.07) is -0.736. The SMILES string of the molecule is C=CCN(C(=O)[C@@H]1N(CCCCCO)C(=O)[C@H]2[C@H](C(=O)O)[C@H]3O[C@@]12CC3Br)C1CCCCC1. The molecular formula is C24H35BrN2O6. The Balaban J connectivity index is 1.69. The van der Waals surface area contributed by atoms with E-state index in [2.05, 4.69) is 22.5 Å². The van der Waals surface area contributed by atoms with E-state index >= 15 is 0 Å². The molecule has 1 unspecified atom stereocenters. The summed E-state index contributed by atoms with van der Waals surface area (Å²) in [5, 5.41) is 19.1. The Morgan fingerprint density at radius 3 is 2.61 bits per heavy atom. The van der Waals surface area contributed by atoms with Crippen LogP contribution in [-0.4, -0.2) is 86.1 Å². The Bertz CT molecular complexity index is 787. The normalized spacial score (nSPS) is 35.6. The van der Waals surface area contributed by atoms with Crippen molar-refractivity contribution in [2.45, 2.75) is 86.4 Å². The first kappa shape index (κ1) is 24.7. The topological polar surface area (TPSA) is 107 Å². The number of halogens is 1. The molecule has 2 amide bonds. The van der Waals surface area contributed by atoms with Gasteiger partial charge in [-0.3, -0.25) is 14.4 Å². The summed E-state index contributed by atoms with van der Waals surface area (Å²) in [7, 11) is 0. The van der Waals surface area contributed by atoms with E-state index < -0.39 is 35.6 Å². The van der Waals surface area contributed by atoms with E-state index in [1.54, 1.807) is 11.0 Å². The van der Waals surface area contributed by atoms with E-state index in [-0.39, 0.29) is 29.3 Å². The lowest BCUT2D eigenvalue weighted by molar-refractivity contribution is -0.151. The van der Waals surface area contributed by atoms with Gasteiger partial charge in [0, 0.05) is 30.6 Å². The molecule has 3 saturated heterocycles. The number of alkyl halides is 1. The molecule has 184 valence electrons. The number of rotatable bonds is 10. The Kier molecular flexibility index (Phi) is 7.50. The van der Waals surface area contributed by atoms with E-state index in [1.165, 1.54) is 0 Å². The number of aliphatic carboxylic acids is 1. The molecule has 1 aliphatic carbocycles. The van der Waals surface area contributed by atoms with Crippen LogP contribution < -0.4 is 0 Å². The number of carboxylic acid groups (broad SMARTS) is 1. The summed E-state index contributed by atoms with van der Waals surface area (Å²) < 4.78 is 6.34. The number of hydrogen-bond donors (Lipinski definition) is 2. The molecule has 8 nitrogen and oxygen atoms in total. The summed E-state index contributed by atoms with van der Waals surface area (Å²) in [6.07, 6.45) is 8.68. The van der Waals surface area contributed by atoms with Gasteiger partial charge in [-0.25, -0.2) is 0 Å². The smallest absolute Gasteiger partial charge is 0.310 e. The third-order valence-electron chi connectivity index (χ3n) is 7.99. The summed E-state index contributed by atoms with van der Waals surface area (Å²) in [5.41, 5.74) is -1.12. The molecule has 2 bridgehead atoms. The second-order valence-electron chi connectivity index (χ2n) is 9.89. The zero-order valence-corrected chi connectivity index (χ0v) is 20.6. The fourth-order valence-electron chi connectivity index (χ4n) is 6.61. The minimum absolute atomic E-state index is 0.0782. The first-order valence-electron chi connectivity index (χ1n) is 12.2. The van der Waals surface area contributed by atoms with Gasteiger partial charge in [0.1, 0.15) is 11.6 Å². The highest BCUT2D eigenvalue weighted by Gasteiger charge is 2.76. The highest BCUT2D eigenvalue weighted by molar-refractivity contribution is 9.09. The maximum atomic E-state index is 14.2. The average molecular weight is 527 g/mol. The molecule has 2 N–H and O–H groups in total. The van der Waals surface area contributed by atoms with Gasteiger partial charge in [0.25, 0.3) is 0 Å². The predicted octanol–water partition coefficient (Wildman–Crippen LogP) is 2.33. The van der Waals surface area contributed by atoms with Crippen molar-refractivity contribution in [3.63, 3.8) is 0 Å². The quantitative estimate of drug-likeness (QED) is 0.257. The molecule has 0 radical (unpaired) electrons. The van der Waals surface area contributed by atoms with Gasteiger partial charge >= 0.3 is 5.97 Å². The number of hydrogen-bond acceptors (Lipinski definition) is 5. The lowest BCUT2D eigenvalue weighted by Gasteiger charge is -2.41.